The molecule has 1 aromatic carbocycles. The predicted molar refractivity (Wildman–Crippen MR) is 80.2 cm³/mol. The molecule has 106 valence electrons. The minimum atomic E-state index is 0.371. The number of methoxy groups -OCH3 is 1. The molecule has 2 aromatic rings. The number of rotatable bonds is 4. The molecular formula is C16H20N2O2. The van der Waals surface area contributed by atoms with Gasteiger partial charge in [0.1, 0.15) is 18.1 Å². The first kappa shape index (κ1) is 14.2. The van der Waals surface area contributed by atoms with E-state index in [0.29, 0.717) is 18.0 Å². The Kier molecular flexibility index (Phi) is 4.13. The standard InChI is InChI=1S/C16H20N2O2/c1-10-5-6-13(17)15(7-10)20-9-14-12(3)16(19-4)11(2)8-18-14/h5-8H,9,17H2,1-4H3. The number of nitrogens with two attached hydrogens (primary N) is 1. The number of aryl methyl sites for hydroxylation is 2. The van der Waals surface area contributed by atoms with Crippen LogP contribution in [0, 0.1) is 20.8 Å². The second-order valence-corrected chi connectivity index (χ2v) is 4.88. The molecule has 20 heavy (non-hydrogen) atoms. The Balaban J connectivity index is 2.21. The van der Waals surface area contributed by atoms with Gasteiger partial charge in [0.2, 0.25) is 0 Å². The molecule has 0 radical (unpaired) electrons. The van der Waals surface area contributed by atoms with Crippen LogP contribution < -0.4 is 15.2 Å². The lowest BCUT2D eigenvalue weighted by Gasteiger charge is -2.14. The lowest BCUT2D eigenvalue weighted by Crippen LogP contribution is -2.05. The summed E-state index contributed by atoms with van der Waals surface area (Å²) in [6, 6.07) is 5.73. The summed E-state index contributed by atoms with van der Waals surface area (Å²) in [4.78, 5) is 4.41. The van der Waals surface area contributed by atoms with Gasteiger partial charge in [-0.2, -0.15) is 0 Å². The maximum absolute atomic E-state index is 5.90. The summed E-state index contributed by atoms with van der Waals surface area (Å²) < 4.78 is 11.2. The highest BCUT2D eigenvalue weighted by Crippen LogP contribution is 2.27. The predicted octanol–water partition coefficient (Wildman–Crippen LogP) is 3.18. The monoisotopic (exact) mass is 272 g/mol. The third kappa shape index (κ3) is 2.85. The molecule has 4 nitrogen and oxygen atoms in total. The summed E-state index contributed by atoms with van der Waals surface area (Å²) in [5.74, 6) is 1.54. The van der Waals surface area contributed by atoms with Gasteiger partial charge in [-0.25, -0.2) is 0 Å². The maximum atomic E-state index is 5.90. The van der Waals surface area contributed by atoms with Crippen LogP contribution in [0.15, 0.2) is 24.4 Å². The molecule has 0 aliphatic carbocycles. The fraction of sp³-hybridized carbons (Fsp3) is 0.312. The highest BCUT2D eigenvalue weighted by molar-refractivity contribution is 5.53. The van der Waals surface area contributed by atoms with E-state index in [0.717, 1.165) is 28.1 Å². The van der Waals surface area contributed by atoms with Gasteiger partial charge in [-0.15, -0.1) is 0 Å². The van der Waals surface area contributed by atoms with Crippen molar-refractivity contribution >= 4 is 5.69 Å². The van der Waals surface area contributed by atoms with E-state index in [4.69, 9.17) is 15.2 Å². The van der Waals surface area contributed by atoms with Crippen LogP contribution in [0.4, 0.5) is 5.69 Å². The van der Waals surface area contributed by atoms with Crippen molar-refractivity contribution in [1.82, 2.24) is 4.98 Å². The first-order chi connectivity index (χ1) is 9.52. The minimum absolute atomic E-state index is 0.371. The van der Waals surface area contributed by atoms with Crippen molar-refractivity contribution < 1.29 is 9.47 Å². The van der Waals surface area contributed by atoms with Crippen molar-refractivity contribution in [3.05, 3.63) is 46.8 Å². The van der Waals surface area contributed by atoms with Gasteiger partial charge >= 0.3 is 0 Å². The Hall–Kier alpha value is -2.23. The van der Waals surface area contributed by atoms with Crippen LogP contribution in [0.5, 0.6) is 11.5 Å². The fourth-order valence-electron chi connectivity index (χ4n) is 2.13. The zero-order chi connectivity index (χ0) is 14.7. The molecule has 0 bridgehead atoms. The Morgan fingerprint density at radius 1 is 1.20 bits per heavy atom. The van der Waals surface area contributed by atoms with Gasteiger partial charge in [-0.1, -0.05) is 6.07 Å². The lowest BCUT2D eigenvalue weighted by atomic mass is 10.1. The summed E-state index contributed by atoms with van der Waals surface area (Å²) in [5.41, 5.74) is 10.5. The highest BCUT2D eigenvalue weighted by atomic mass is 16.5. The number of nitrogen functional groups attached to an aromatic ring is 1. The number of hydrogen-bond acceptors (Lipinski definition) is 4. The molecule has 2 rings (SSSR count). The van der Waals surface area contributed by atoms with E-state index in [-0.39, 0.29) is 0 Å². The molecule has 4 heteroatoms. The Bertz CT molecular complexity index is 624. The van der Waals surface area contributed by atoms with Gasteiger partial charge in [-0.05, 0) is 38.5 Å². The first-order valence-electron chi connectivity index (χ1n) is 6.51. The lowest BCUT2D eigenvalue weighted by molar-refractivity contribution is 0.300. The van der Waals surface area contributed by atoms with E-state index in [1.165, 1.54) is 0 Å². The number of ether oxygens (including phenoxy) is 2. The average Bonchev–Trinajstić information content (AvgIpc) is 2.42. The van der Waals surface area contributed by atoms with Crippen LogP contribution in [0.2, 0.25) is 0 Å². The highest BCUT2D eigenvalue weighted by Gasteiger charge is 2.10. The molecule has 1 aromatic heterocycles. The topological polar surface area (TPSA) is 57.4 Å². The molecule has 0 saturated carbocycles. The second-order valence-electron chi connectivity index (χ2n) is 4.88. The van der Waals surface area contributed by atoms with Gasteiger partial charge in [-0.3, -0.25) is 4.98 Å². The summed E-state index contributed by atoms with van der Waals surface area (Å²) in [5, 5.41) is 0. The van der Waals surface area contributed by atoms with Crippen molar-refractivity contribution in [2.45, 2.75) is 27.4 Å². The number of nitrogens with zero attached hydrogens (tertiary/aromatic N) is 1. The first-order valence-corrected chi connectivity index (χ1v) is 6.51. The summed E-state index contributed by atoms with van der Waals surface area (Å²) in [7, 11) is 1.67. The molecule has 0 atom stereocenters. The van der Waals surface area contributed by atoms with E-state index in [9.17, 15) is 0 Å². The van der Waals surface area contributed by atoms with Crippen LogP contribution >= 0.6 is 0 Å². The van der Waals surface area contributed by atoms with Crippen LogP contribution in [0.3, 0.4) is 0 Å². The third-order valence-electron chi connectivity index (χ3n) is 3.28. The van der Waals surface area contributed by atoms with E-state index in [1.54, 1.807) is 13.3 Å². The molecule has 0 saturated heterocycles. The Morgan fingerprint density at radius 3 is 2.65 bits per heavy atom. The second kappa shape index (κ2) is 5.82. The molecule has 0 spiro atoms. The SMILES string of the molecule is COc1c(C)cnc(COc2cc(C)ccc2N)c1C. The molecule has 0 fully saturated rings. The number of anilines is 1. The average molecular weight is 272 g/mol. The molecule has 0 unspecified atom stereocenters. The van der Waals surface area contributed by atoms with Crippen molar-refractivity contribution in [2.75, 3.05) is 12.8 Å². The molecule has 0 amide bonds. The smallest absolute Gasteiger partial charge is 0.143 e. The molecule has 2 N–H and O–H groups in total. The van der Waals surface area contributed by atoms with Crippen LogP contribution in [0.1, 0.15) is 22.4 Å². The molecule has 1 heterocycles. The van der Waals surface area contributed by atoms with Gasteiger partial charge in [0, 0.05) is 17.3 Å². The van der Waals surface area contributed by atoms with Gasteiger partial charge in [0.05, 0.1) is 18.5 Å². The molecule has 0 aliphatic heterocycles. The summed E-state index contributed by atoms with van der Waals surface area (Å²) in [6.45, 7) is 6.33. The number of pyridine rings is 1. The van der Waals surface area contributed by atoms with Crippen LogP contribution in [0.25, 0.3) is 0 Å². The van der Waals surface area contributed by atoms with E-state index in [2.05, 4.69) is 4.98 Å². The molecule has 0 aliphatic rings. The summed E-state index contributed by atoms with van der Waals surface area (Å²) >= 11 is 0. The van der Waals surface area contributed by atoms with E-state index < -0.39 is 0 Å². The zero-order valence-corrected chi connectivity index (χ0v) is 12.4. The number of aromatic nitrogens is 1. The largest absolute Gasteiger partial charge is 0.496 e. The van der Waals surface area contributed by atoms with E-state index >= 15 is 0 Å². The third-order valence-corrected chi connectivity index (χ3v) is 3.28. The van der Waals surface area contributed by atoms with Crippen LogP contribution in [-0.4, -0.2) is 12.1 Å². The summed E-state index contributed by atoms with van der Waals surface area (Å²) in [6.07, 6.45) is 1.80. The quantitative estimate of drug-likeness (QED) is 0.868. The minimum Gasteiger partial charge on any atom is -0.496 e. The van der Waals surface area contributed by atoms with Gasteiger partial charge in [0.25, 0.3) is 0 Å². The van der Waals surface area contributed by atoms with Crippen molar-refractivity contribution in [1.29, 1.82) is 0 Å². The maximum Gasteiger partial charge on any atom is 0.143 e. The van der Waals surface area contributed by atoms with Crippen molar-refractivity contribution in [3.63, 3.8) is 0 Å². The number of hydrogen-bond donors (Lipinski definition) is 1. The fourth-order valence-corrected chi connectivity index (χ4v) is 2.13. The number of benzene rings is 1. The van der Waals surface area contributed by atoms with Crippen molar-refractivity contribution in [2.24, 2.45) is 0 Å². The van der Waals surface area contributed by atoms with Crippen LogP contribution in [-0.2, 0) is 6.61 Å². The zero-order valence-electron chi connectivity index (χ0n) is 12.4. The van der Waals surface area contributed by atoms with Gasteiger partial charge < -0.3 is 15.2 Å². The Morgan fingerprint density at radius 2 is 1.95 bits per heavy atom. The molecular weight excluding hydrogens is 252 g/mol. The van der Waals surface area contributed by atoms with Gasteiger partial charge in [0.15, 0.2) is 0 Å². The van der Waals surface area contributed by atoms with E-state index in [1.807, 2.05) is 39.0 Å². The normalized spacial score (nSPS) is 10.4. The Labute approximate surface area is 119 Å². The van der Waals surface area contributed by atoms with Crippen molar-refractivity contribution in [3.8, 4) is 11.5 Å².